The Morgan fingerprint density at radius 2 is 2.00 bits per heavy atom. The van der Waals surface area contributed by atoms with Crippen LogP contribution in [0.15, 0.2) is 29.4 Å². The number of nitrogens with zero attached hydrogens (tertiary/aromatic N) is 3. The van der Waals surface area contributed by atoms with E-state index in [9.17, 15) is 8.42 Å². The number of guanidine groups is 1. The molecule has 2 heterocycles. The molecule has 0 aliphatic carbocycles. The molecular weight excluding hydrogens is 501 g/mol. The number of pyridine rings is 1. The van der Waals surface area contributed by atoms with Gasteiger partial charge in [-0.3, -0.25) is 14.9 Å². The van der Waals surface area contributed by atoms with Crippen molar-refractivity contribution in [3.05, 3.63) is 30.1 Å². The average molecular weight is 538 g/mol. The van der Waals surface area contributed by atoms with E-state index in [0.29, 0.717) is 19.0 Å². The number of piperidine rings is 1. The molecule has 1 aliphatic rings. The van der Waals surface area contributed by atoms with Crippen LogP contribution in [0.1, 0.15) is 38.8 Å². The van der Waals surface area contributed by atoms with Crippen molar-refractivity contribution in [2.45, 2.75) is 45.7 Å². The average Bonchev–Trinajstić information content (AvgIpc) is 2.65. The molecule has 0 atom stereocenters. The maximum Gasteiger partial charge on any atom is 0.191 e. The van der Waals surface area contributed by atoms with Gasteiger partial charge in [0, 0.05) is 51.7 Å². The highest BCUT2D eigenvalue weighted by molar-refractivity contribution is 14.0. The molecule has 9 heteroatoms. The number of hydrogen-bond donors (Lipinski definition) is 2. The smallest absolute Gasteiger partial charge is 0.191 e. The van der Waals surface area contributed by atoms with E-state index in [2.05, 4.69) is 45.4 Å². The Balaban J connectivity index is 0.00000420. The molecule has 166 valence electrons. The molecule has 1 saturated heterocycles. The van der Waals surface area contributed by atoms with E-state index >= 15 is 0 Å². The molecule has 0 saturated carbocycles. The minimum absolute atomic E-state index is 0. The first-order chi connectivity index (χ1) is 13.2. The summed E-state index contributed by atoms with van der Waals surface area (Å²) in [5.41, 5.74) is 0.995. The first-order valence-electron chi connectivity index (χ1n) is 9.94. The van der Waals surface area contributed by atoms with Gasteiger partial charge in [0.15, 0.2) is 5.96 Å². The van der Waals surface area contributed by atoms with Crippen LogP contribution in [0.3, 0.4) is 0 Å². The molecular formula is C20H36IN5O2S. The lowest BCUT2D eigenvalue weighted by Gasteiger charge is -2.33. The zero-order valence-corrected chi connectivity index (χ0v) is 21.2. The molecule has 0 spiro atoms. The fraction of sp³-hybridized carbons (Fsp3) is 0.700. The van der Waals surface area contributed by atoms with Gasteiger partial charge in [0.2, 0.25) is 0 Å². The summed E-state index contributed by atoms with van der Waals surface area (Å²) in [5.74, 6) is 0.998. The quantitative estimate of drug-likeness (QED) is 0.301. The lowest BCUT2D eigenvalue weighted by atomic mass is 9.90. The Labute approximate surface area is 193 Å². The number of nitrogens with one attached hydrogen (secondary N) is 2. The van der Waals surface area contributed by atoms with E-state index in [1.807, 2.05) is 18.3 Å². The second-order valence-corrected chi connectivity index (χ2v) is 10.7. The van der Waals surface area contributed by atoms with Gasteiger partial charge in [-0.25, -0.2) is 8.42 Å². The van der Waals surface area contributed by atoms with Crippen molar-refractivity contribution in [2.75, 3.05) is 38.7 Å². The molecule has 0 amide bonds. The van der Waals surface area contributed by atoms with Crippen molar-refractivity contribution in [1.29, 1.82) is 0 Å². The van der Waals surface area contributed by atoms with Crippen molar-refractivity contribution in [3.63, 3.8) is 0 Å². The molecule has 2 rings (SSSR count). The summed E-state index contributed by atoms with van der Waals surface area (Å²) in [5, 5.41) is 6.88. The number of sulfone groups is 1. The molecule has 0 radical (unpaired) electrons. The largest absolute Gasteiger partial charge is 0.356 e. The molecule has 1 aromatic rings. The van der Waals surface area contributed by atoms with Crippen molar-refractivity contribution in [1.82, 2.24) is 20.5 Å². The van der Waals surface area contributed by atoms with E-state index in [1.165, 1.54) is 6.26 Å². The Morgan fingerprint density at radius 1 is 1.31 bits per heavy atom. The van der Waals surface area contributed by atoms with Gasteiger partial charge in [0.25, 0.3) is 0 Å². The first kappa shape index (κ1) is 26.1. The lowest BCUT2D eigenvalue weighted by molar-refractivity contribution is 0.196. The molecule has 29 heavy (non-hydrogen) atoms. The van der Waals surface area contributed by atoms with E-state index in [0.717, 1.165) is 44.1 Å². The number of hydrogen-bond acceptors (Lipinski definition) is 5. The molecule has 0 bridgehead atoms. The van der Waals surface area contributed by atoms with E-state index < -0.39 is 9.84 Å². The highest BCUT2D eigenvalue weighted by Gasteiger charge is 2.23. The fourth-order valence-electron chi connectivity index (χ4n) is 3.22. The minimum atomic E-state index is -2.93. The molecule has 1 fully saturated rings. The van der Waals surface area contributed by atoms with Crippen LogP contribution in [-0.2, 0) is 16.4 Å². The summed E-state index contributed by atoms with van der Waals surface area (Å²) < 4.78 is 22.8. The summed E-state index contributed by atoms with van der Waals surface area (Å²) in [6, 6.07) is 6.44. The molecule has 2 N–H and O–H groups in total. The molecule has 1 aliphatic heterocycles. The van der Waals surface area contributed by atoms with Gasteiger partial charge in [-0.05, 0) is 36.8 Å². The number of likely N-dealkylation sites (tertiary alicyclic amines) is 1. The predicted octanol–water partition coefficient (Wildman–Crippen LogP) is 2.29. The fourth-order valence-corrected chi connectivity index (χ4v) is 4.14. The van der Waals surface area contributed by atoms with Gasteiger partial charge in [0.05, 0.1) is 11.4 Å². The van der Waals surface area contributed by atoms with Crippen LogP contribution in [0.5, 0.6) is 0 Å². The Kier molecular flexibility index (Phi) is 10.8. The maximum atomic E-state index is 11.4. The predicted molar refractivity (Wildman–Crippen MR) is 131 cm³/mol. The third-order valence-corrected chi connectivity index (χ3v) is 6.09. The summed E-state index contributed by atoms with van der Waals surface area (Å²) in [6.07, 6.45) is 5.88. The highest BCUT2D eigenvalue weighted by atomic mass is 127. The maximum absolute atomic E-state index is 11.4. The third kappa shape index (κ3) is 10.6. The van der Waals surface area contributed by atoms with Crippen molar-refractivity contribution >= 4 is 39.8 Å². The van der Waals surface area contributed by atoms with Gasteiger partial charge < -0.3 is 10.6 Å². The summed E-state index contributed by atoms with van der Waals surface area (Å²) in [4.78, 5) is 11.2. The van der Waals surface area contributed by atoms with Gasteiger partial charge in [0.1, 0.15) is 9.84 Å². The Morgan fingerprint density at radius 3 is 2.55 bits per heavy atom. The van der Waals surface area contributed by atoms with Gasteiger partial charge in [-0.15, -0.1) is 24.0 Å². The minimum Gasteiger partial charge on any atom is -0.356 e. The number of aromatic nitrogens is 1. The summed E-state index contributed by atoms with van der Waals surface area (Å²) >= 11 is 0. The number of rotatable bonds is 8. The standard InChI is InChI=1S/C20H35N5O2S.HI/c1-20(2,10-14-28(4,26)27)16-23-19(21-3)24-17-8-12-25(13-9-17)15-18-7-5-6-11-22-18;/h5-7,11,17H,8-10,12-16H2,1-4H3,(H2,21,23,24);1H. The number of halogens is 1. The third-order valence-electron chi connectivity index (χ3n) is 5.15. The SMILES string of the molecule is CN=C(NCC(C)(C)CCS(C)(=O)=O)NC1CCN(Cc2ccccn2)CC1.I. The zero-order valence-electron chi connectivity index (χ0n) is 18.0. The Bertz CT molecular complexity index is 732. The van der Waals surface area contributed by atoms with Crippen LogP contribution in [-0.4, -0.2) is 69.0 Å². The van der Waals surface area contributed by atoms with Crippen LogP contribution < -0.4 is 10.6 Å². The zero-order chi connectivity index (χ0) is 20.6. The Hall–Kier alpha value is -0.940. The van der Waals surface area contributed by atoms with Crippen molar-refractivity contribution in [2.24, 2.45) is 10.4 Å². The van der Waals surface area contributed by atoms with Crippen LogP contribution in [0, 0.1) is 5.41 Å². The van der Waals surface area contributed by atoms with Gasteiger partial charge >= 0.3 is 0 Å². The second kappa shape index (κ2) is 12.0. The highest BCUT2D eigenvalue weighted by Crippen LogP contribution is 2.20. The van der Waals surface area contributed by atoms with Gasteiger partial charge in [-0.2, -0.15) is 0 Å². The van der Waals surface area contributed by atoms with E-state index in [4.69, 9.17) is 0 Å². The van der Waals surface area contributed by atoms with Crippen LogP contribution in [0.4, 0.5) is 0 Å². The van der Waals surface area contributed by atoms with Crippen LogP contribution in [0.25, 0.3) is 0 Å². The topological polar surface area (TPSA) is 86.7 Å². The first-order valence-corrected chi connectivity index (χ1v) is 12.0. The van der Waals surface area contributed by atoms with Crippen molar-refractivity contribution < 1.29 is 8.42 Å². The summed E-state index contributed by atoms with van der Waals surface area (Å²) in [7, 11) is -1.16. The molecule has 7 nitrogen and oxygen atoms in total. The second-order valence-electron chi connectivity index (χ2n) is 8.49. The van der Waals surface area contributed by atoms with Gasteiger partial charge in [-0.1, -0.05) is 19.9 Å². The van der Waals surface area contributed by atoms with Crippen LogP contribution in [0.2, 0.25) is 0 Å². The lowest BCUT2D eigenvalue weighted by Crippen LogP contribution is -2.50. The number of aliphatic imine (C=N–C) groups is 1. The molecule has 0 unspecified atom stereocenters. The van der Waals surface area contributed by atoms with Crippen LogP contribution >= 0.6 is 24.0 Å². The normalized spacial score (nSPS) is 16.9. The molecule has 1 aromatic heterocycles. The summed E-state index contributed by atoms with van der Waals surface area (Å²) in [6.45, 7) is 7.80. The molecule has 0 aromatic carbocycles. The van der Waals surface area contributed by atoms with Crippen molar-refractivity contribution in [3.8, 4) is 0 Å². The van der Waals surface area contributed by atoms with E-state index in [-0.39, 0.29) is 35.1 Å². The monoisotopic (exact) mass is 537 g/mol. The van der Waals surface area contributed by atoms with E-state index in [1.54, 1.807) is 7.05 Å².